The van der Waals surface area contributed by atoms with E-state index in [-0.39, 0.29) is 17.1 Å². The van der Waals surface area contributed by atoms with Crippen molar-refractivity contribution in [2.45, 2.75) is 25.7 Å². The minimum atomic E-state index is -1.19. The first-order valence-corrected chi connectivity index (χ1v) is 9.35. The van der Waals surface area contributed by atoms with Crippen LogP contribution < -0.4 is 0 Å². The summed E-state index contributed by atoms with van der Waals surface area (Å²) in [6.45, 7) is 0. The van der Waals surface area contributed by atoms with Gasteiger partial charge in [-0.1, -0.05) is 24.3 Å². The summed E-state index contributed by atoms with van der Waals surface area (Å²) in [6, 6.07) is 12.5. The van der Waals surface area contributed by atoms with Crippen LogP contribution in [0, 0.1) is 0 Å². The van der Waals surface area contributed by atoms with Gasteiger partial charge in [-0.05, 0) is 72.2 Å². The lowest BCUT2D eigenvalue weighted by molar-refractivity contribution is 0.0693. The zero-order chi connectivity index (χ0) is 21.8. The van der Waals surface area contributed by atoms with Gasteiger partial charge >= 0.3 is 5.97 Å². The van der Waals surface area contributed by atoms with E-state index in [1.807, 2.05) is 6.07 Å². The second-order valence-electron chi connectivity index (χ2n) is 7.06. The van der Waals surface area contributed by atoms with E-state index in [1.165, 1.54) is 24.3 Å². The molecule has 7 heteroatoms. The minimum absolute atomic E-state index is 0.149. The Morgan fingerprint density at radius 1 is 0.633 bits per heavy atom. The molecule has 6 N–H and O–H groups in total. The highest BCUT2D eigenvalue weighted by atomic mass is 16.4. The number of carboxylic acids is 1. The number of para-hydroxylation sites is 1. The summed E-state index contributed by atoms with van der Waals surface area (Å²) in [5.41, 5.74) is 2.61. The number of benzene rings is 3. The van der Waals surface area contributed by atoms with Crippen LogP contribution in [0.25, 0.3) is 0 Å². The number of phenolic OH excluding ortho intramolecular Hbond substituents is 4. The fraction of sp³-hybridized carbons (Fsp3) is 0.174. The molecule has 3 rings (SSSR count). The molecule has 3 aromatic carbocycles. The number of aryl methyl sites for hydroxylation is 4. The van der Waals surface area contributed by atoms with Gasteiger partial charge in [0.05, 0.1) is 0 Å². The van der Waals surface area contributed by atoms with Crippen molar-refractivity contribution in [3.8, 4) is 28.7 Å². The molecule has 0 aliphatic heterocycles. The van der Waals surface area contributed by atoms with Crippen LogP contribution in [0.2, 0.25) is 0 Å². The Hall–Kier alpha value is -3.87. The Bertz CT molecular complexity index is 1070. The highest BCUT2D eigenvalue weighted by Crippen LogP contribution is 2.36. The van der Waals surface area contributed by atoms with Crippen molar-refractivity contribution in [3.05, 3.63) is 76.3 Å². The monoisotopic (exact) mass is 410 g/mol. The lowest BCUT2D eigenvalue weighted by Crippen LogP contribution is -1.99. The van der Waals surface area contributed by atoms with Crippen LogP contribution in [0.3, 0.4) is 0 Å². The summed E-state index contributed by atoms with van der Waals surface area (Å²) in [6.07, 6.45) is 1.89. The van der Waals surface area contributed by atoms with Crippen molar-refractivity contribution in [1.82, 2.24) is 0 Å². The summed E-state index contributed by atoms with van der Waals surface area (Å²) < 4.78 is 0. The van der Waals surface area contributed by atoms with Gasteiger partial charge in [-0.25, -0.2) is 4.79 Å². The Morgan fingerprint density at radius 2 is 1.17 bits per heavy atom. The van der Waals surface area contributed by atoms with E-state index in [4.69, 9.17) is 5.11 Å². The standard InChI is InChI=1S/C23H22O7/c24-18-10-13(6-9-17(18)23(29)30)4-7-15-2-1-3-16(21(15)27)8-5-14-11-19(25)22(28)20(26)12-14/h1-3,6,9-12,24-28H,4-5,7-8H2,(H,29,30). The first-order chi connectivity index (χ1) is 14.3. The topological polar surface area (TPSA) is 138 Å². The Labute approximate surface area is 172 Å². The summed E-state index contributed by atoms with van der Waals surface area (Å²) in [4.78, 5) is 11.0. The fourth-order valence-corrected chi connectivity index (χ4v) is 3.32. The van der Waals surface area contributed by atoms with Crippen LogP contribution in [-0.4, -0.2) is 36.6 Å². The van der Waals surface area contributed by atoms with Crippen molar-refractivity contribution in [3.63, 3.8) is 0 Å². The SMILES string of the molecule is O=C(O)c1ccc(CCc2cccc(CCc3cc(O)c(O)c(O)c3)c2O)cc1O. The number of phenols is 5. The van der Waals surface area contributed by atoms with Gasteiger partial charge in [0.25, 0.3) is 0 Å². The molecular weight excluding hydrogens is 388 g/mol. The molecule has 0 aliphatic rings. The van der Waals surface area contributed by atoms with Gasteiger partial charge in [0, 0.05) is 0 Å². The van der Waals surface area contributed by atoms with Gasteiger partial charge < -0.3 is 30.6 Å². The highest BCUT2D eigenvalue weighted by molar-refractivity contribution is 5.90. The Balaban J connectivity index is 1.69. The zero-order valence-electron chi connectivity index (χ0n) is 16.0. The third kappa shape index (κ3) is 4.57. The smallest absolute Gasteiger partial charge is 0.339 e. The number of carboxylic acid groups (broad SMARTS) is 1. The van der Waals surface area contributed by atoms with Crippen LogP contribution in [0.1, 0.15) is 32.6 Å². The van der Waals surface area contributed by atoms with Crippen LogP contribution in [-0.2, 0) is 25.7 Å². The summed E-state index contributed by atoms with van der Waals surface area (Å²) in [5, 5.41) is 58.0. The molecule has 0 aromatic heterocycles. The molecule has 0 spiro atoms. The number of carbonyl (C=O) groups is 1. The minimum Gasteiger partial charge on any atom is -0.507 e. The second kappa shape index (κ2) is 8.65. The van der Waals surface area contributed by atoms with Crippen LogP contribution in [0.15, 0.2) is 48.5 Å². The number of aromatic carboxylic acids is 1. The lowest BCUT2D eigenvalue weighted by atomic mass is 9.97. The molecule has 0 saturated heterocycles. The molecule has 0 unspecified atom stereocenters. The Kier molecular flexibility index (Phi) is 6.01. The molecule has 0 saturated carbocycles. The molecule has 0 amide bonds. The van der Waals surface area contributed by atoms with Crippen molar-refractivity contribution < 1.29 is 35.4 Å². The fourth-order valence-electron chi connectivity index (χ4n) is 3.32. The lowest BCUT2D eigenvalue weighted by Gasteiger charge is -2.11. The van der Waals surface area contributed by atoms with Gasteiger partial charge in [-0.3, -0.25) is 0 Å². The summed E-state index contributed by atoms with van der Waals surface area (Å²) in [5.74, 6) is -2.71. The molecule has 156 valence electrons. The average Bonchev–Trinajstić information content (AvgIpc) is 2.70. The van der Waals surface area contributed by atoms with Crippen molar-refractivity contribution >= 4 is 5.97 Å². The molecular formula is C23H22O7. The summed E-state index contributed by atoms with van der Waals surface area (Å²) in [7, 11) is 0. The van der Waals surface area contributed by atoms with E-state index in [9.17, 15) is 30.3 Å². The molecule has 0 atom stereocenters. The van der Waals surface area contributed by atoms with Crippen LogP contribution in [0.5, 0.6) is 28.7 Å². The van der Waals surface area contributed by atoms with E-state index in [0.717, 1.165) is 5.56 Å². The van der Waals surface area contributed by atoms with Crippen molar-refractivity contribution in [2.75, 3.05) is 0 Å². The van der Waals surface area contributed by atoms with Crippen LogP contribution >= 0.6 is 0 Å². The van der Waals surface area contributed by atoms with Gasteiger partial charge in [-0.2, -0.15) is 0 Å². The van der Waals surface area contributed by atoms with Crippen molar-refractivity contribution in [1.29, 1.82) is 0 Å². The normalized spacial score (nSPS) is 10.8. The largest absolute Gasteiger partial charge is 0.507 e. The maximum atomic E-state index is 11.0. The van der Waals surface area contributed by atoms with E-state index in [0.29, 0.717) is 42.4 Å². The van der Waals surface area contributed by atoms with E-state index in [2.05, 4.69) is 0 Å². The van der Waals surface area contributed by atoms with Gasteiger partial charge in [-0.15, -0.1) is 0 Å². The second-order valence-corrected chi connectivity index (χ2v) is 7.06. The number of rotatable bonds is 7. The third-order valence-corrected chi connectivity index (χ3v) is 4.99. The molecule has 0 aliphatic carbocycles. The molecule has 3 aromatic rings. The van der Waals surface area contributed by atoms with Crippen molar-refractivity contribution in [2.24, 2.45) is 0 Å². The number of aromatic hydroxyl groups is 5. The van der Waals surface area contributed by atoms with E-state index >= 15 is 0 Å². The average molecular weight is 410 g/mol. The third-order valence-electron chi connectivity index (χ3n) is 4.99. The molecule has 0 fully saturated rings. The van der Waals surface area contributed by atoms with Gasteiger partial charge in [0.2, 0.25) is 0 Å². The van der Waals surface area contributed by atoms with Crippen LogP contribution in [0.4, 0.5) is 0 Å². The molecule has 0 bridgehead atoms. The molecule has 0 radical (unpaired) electrons. The van der Waals surface area contributed by atoms with E-state index in [1.54, 1.807) is 18.2 Å². The molecule has 30 heavy (non-hydrogen) atoms. The van der Waals surface area contributed by atoms with Gasteiger partial charge in [0.1, 0.15) is 17.1 Å². The number of hydrogen-bond donors (Lipinski definition) is 6. The number of hydrogen-bond acceptors (Lipinski definition) is 6. The van der Waals surface area contributed by atoms with Gasteiger partial charge in [0.15, 0.2) is 17.2 Å². The Morgan fingerprint density at radius 3 is 1.70 bits per heavy atom. The predicted octanol–water partition coefficient (Wildman–Crippen LogP) is 3.48. The first kappa shape index (κ1) is 20.9. The molecule has 7 nitrogen and oxygen atoms in total. The first-order valence-electron chi connectivity index (χ1n) is 9.35. The summed E-state index contributed by atoms with van der Waals surface area (Å²) >= 11 is 0. The highest BCUT2D eigenvalue weighted by Gasteiger charge is 2.12. The zero-order valence-corrected chi connectivity index (χ0v) is 16.0. The predicted molar refractivity (Wildman–Crippen MR) is 109 cm³/mol. The van der Waals surface area contributed by atoms with E-state index < -0.39 is 23.2 Å². The molecule has 0 heterocycles. The maximum absolute atomic E-state index is 11.0. The quantitative estimate of drug-likeness (QED) is 0.328. The maximum Gasteiger partial charge on any atom is 0.339 e.